The molecule has 1 saturated heterocycles. The molecule has 0 saturated carbocycles. The molecule has 100 valence electrons. The lowest BCUT2D eigenvalue weighted by molar-refractivity contribution is -0.151. The second-order valence-electron chi connectivity index (χ2n) is 4.21. The van der Waals surface area contributed by atoms with Crippen LogP contribution in [-0.4, -0.2) is 40.7 Å². The molecule has 1 amide bonds. The summed E-state index contributed by atoms with van der Waals surface area (Å²) in [6.07, 6.45) is 3.22. The highest BCUT2D eigenvalue weighted by Crippen LogP contribution is 2.18. The Hall–Kier alpha value is -2.24. The molecular weight excluding hydrogens is 248 g/mol. The highest BCUT2D eigenvalue weighted by atomic mass is 16.5. The molecule has 6 nitrogen and oxygen atoms in total. The lowest BCUT2D eigenvalue weighted by Gasteiger charge is -2.14. The van der Waals surface area contributed by atoms with Crippen LogP contribution in [0.25, 0.3) is 0 Å². The minimum Gasteiger partial charge on any atom is -0.465 e. The minimum atomic E-state index is -0.991. The van der Waals surface area contributed by atoms with E-state index >= 15 is 0 Å². The van der Waals surface area contributed by atoms with Crippen molar-refractivity contribution in [1.29, 1.82) is 0 Å². The summed E-state index contributed by atoms with van der Waals surface area (Å²) in [6.45, 7) is 2.23. The summed E-state index contributed by atoms with van der Waals surface area (Å²) in [7, 11) is 0. The largest absolute Gasteiger partial charge is 0.465 e. The van der Waals surface area contributed by atoms with Crippen LogP contribution in [0, 0.1) is 5.92 Å². The van der Waals surface area contributed by atoms with Gasteiger partial charge < -0.3 is 9.64 Å². The number of rotatable bonds is 4. The first-order valence-corrected chi connectivity index (χ1v) is 6.02. The number of hydrogen-bond donors (Lipinski definition) is 0. The van der Waals surface area contributed by atoms with Gasteiger partial charge >= 0.3 is 5.97 Å². The van der Waals surface area contributed by atoms with Crippen LogP contribution in [0.3, 0.4) is 0 Å². The predicted molar refractivity (Wildman–Crippen MR) is 64.8 cm³/mol. The molecule has 1 aliphatic rings. The van der Waals surface area contributed by atoms with Crippen LogP contribution in [0.5, 0.6) is 0 Å². The van der Waals surface area contributed by atoms with E-state index in [4.69, 9.17) is 4.74 Å². The molecule has 1 unspecified atom stereocenters. The van der Waals surface area contributed by atoms with Crippen LogP contribution in [0.15, 0.2) is 24.5 Å². The maximum Gasteiger partial charge on any atom is 0.318 e. The standard InChI is InChI=1S/C13H14N2O4/c1-2-19-13(18)10-8-15(12(17)11(10)16)7-9-3-5-14-6-4-9/h3-6,10H,2,7-8H2,1H3. The van der Waals surface area contributed by atoms with Gasteiger partial charge in [-0.15, -0.1) is 0 Å². The van der Waals surface area contributed by atoms with Crippen LogP contribution < -0.4 is 0 Å². The average molecular weight is 262 g/mol. The summed E-state index contributed by atoms with van der Waals surface area (Å²) < 4.78 is 4.79. The van der Waals surface area contributed by atoms with Crippen molar-refractivity contribution in [3.63, 3.8) is 0 Å². The molecule has 0 aliphatic carbocycles. The molecule has 2 rings (SSSR count). The van der Waals surface area contributed by atoms with E-state index in [2.05, 4.69) is 4.98 Å². The van der Waals surface area contributed by atoms with E-state index in [9.17, 15) is 14.4 Å². The van der Waals surface area contributed by atoms with Gasteiger partial charge in [0.05, 0.1) is 6.61 Å². The molecule has 0 N–H and O–H groups in total. The molecule has 1 aliphatic heterocycles. The Morgan fingerprint density at radius 1 is 1.42 bits per heavy atom. The van der Waals surface area contributed by atoms with E-state index in [-0.39, 0.29) is 13.2 Å². The Morgan fingerprint density at radius 2 is 2.11 bits per heavy atom. The summed E-state index contributed by atoms with van der Waals surface area (Å²) in [5, 5.41) is 0. The molecule has 2 heterocycles. The van der Waals surface area contributed by atoms with Gasteiger partial charge in [0.25, 0.3) is 5.91 Å². The highest BCUT2D eigenvalue weighted by Gasteiger charge is 2.43. The molecule has 0 spiro atoms. The van der Waals surface area contributed by atoms with Crippen LogP contribution in [-0.2, 0) is 25.7 Å². The Morgan fingerprint density at radius 3 is 2.74 bits per heavy atom. The number of aromatic nitrogens is 1. The SMILES string of the molecule is CCOC(=O)C1CN(Cc2ccncc2)C(=O)C1=O. The molecule has 6 heteroatoms. The minimum absolute atomic E-state index is 0.0822. The average Bonchev–Trinajstić information content (AvgIpc) is 2.69. The second kappa shape index (κ2) is 5.60. The maximum atomic E-state index is 11.8. The third kappa shape index (κ3) is 2.78. The third-order valence-corrected chi connectivity index (χ3v) is 2.91. The van der Waals surface area contributed by atoms with Crippen molar-refractivity contribution in [2.24, 2.45) is 5.92 Å². The van der Waals surface area contributed by atoms with E-state index < -0.39 is 23.6 Å². The number of carbonyl (C=O) groups is 3. The number of esters is 1. The number of likely N-dealkylation sites (tertiary alicyclic amines) is 1. The second-order valence-corrected chi connectivity index (χ2v) is 4.21. The summed E-state index contributed by atoms with van der Waals surface area (Å²) >= 11 is 0. The first-order valence-electron chi connectivity index (χ1n) is 6.02. The fourth-order valence-electron chi connectivity index (χ4n) is 1.96. The summed E-state index contributed by atoms with van der Waals surface area (Å²) in [6, 6.07) is 3.52. The van der Waals surface area contributed by atoms with E-state index in [1.165, 1.54) is 4.90 Å². The molecule has 1 fully saturated rings. The molecule has 0 bridgehead atoms. The fourth-order valence-corrected chi connectivity index (χ4v) is 1.96. The zero-order valence-electron chi connectivity index (χ0n) is 10.5. The molecule has 1 atom stereocenters. The van der Waals surface area contributed by atoms with Gasteiger partial charge in [-0.25, -0.2) is 0 Å². The van der Waals surface area contributed by atoms with Gasteiger partial charge in [-0.2, -0.15) is 0 Å². The van der Waals surface area contributed by atoms with E-state index in [0.29, 0.717) is 6.54 Å². The Labute approximate surface area is 110 Å². The quantitative estimate of drug-likeness (QED) is 0.439. The van der Waals surface area contributed by atoms with Gasteiger partial charge in [-0.3, -0.25) is 19.4 Å². The Bertz CT molecular complexity index is 501. The van der Waals surface area contributed by atoms with Crippen molar-refractivity contribution in [3.8, 4) is 0 Å². The predicted octanol–water partition coefficient (Wildman–Crippen LogP) is 0.172. The van der Waals surface area contributed by atoms with Crippen molar-refractivity contribution < 1.29 is 19.1 Å². The number of pyridine rings is 1. The van der Waals surface area contributed by atoms with Gasteiger partial charge in [-0.05, 0) is 24.6 Å². The van der Waals surface area contributed by atoms with Gasteiger partial charge in [-0.1, -0.05) is 0 Å². The topological polar surface area (TPSA) is 76.6 Å². The number of nitrogens with zero attached hydrogens (tertiary/aromatic N) is 2. The molecule has 19 heavy (non-hydrogen) atoms. The van der Waals surface area contributed by atoms with Crippen molar-refractivity contribution in [2.75, 3.05) is 13.2 Å². The number of ketones is 1. The normalized spacial score (nSPS) is 18.8. The maximum absolute atomic E-state index is 11.8. The summed E-state index contributed by atoms with van der Waals surface area (Å²) in [4.78, 5) is 40.3. The lowest BCUT2D eigenvalue weighted by Crippen LogP contribution is -2.26. The number of carbonyl (C=O) groups excluding carboxylic acids is 3. The molecular formula is C13H14N2O4. The Balaban J connectivity index is 2.06. The van der Waals surface area contributed by atoms with Crippen LogP contribution in [0.2, 0.25) is 0 Å². The van der Waals surface area contributed by atoms with Crippen LogP contribution in [0.1, 0.15) is 12.5 Å². The van der Waals surface area contributed by atoms with Crippen molar-refractivity contribution in [1.82, 2.24) is 9.88 Å². The van der Waals surface area contributed by atoms with Crippen LogP contribution in [0.4, 0.5) is 0 Å². The van der Waals surface area contributed by atoms with Crippen molar-refractivity contribution in [3.05, 3.63) is 30.1 Å². The number of hydrogen-bond acceptors (Lipinski definition) is 5. The van der Waals surface area contributed by atoms with Gasteiger partial charge in [0.15, 0.2) is 0 Å². The van der Waals surface area contributed by atoms with E-state index in [1.807, 2.05) is 0 Å². The highest BCUT2D eigenvalue weighted by molar-refractivity contribution is 6.42. The fraction of sp³-hybridized carbons (Fsp3) is 0.385. The van der Waals surface area contributed by atoms with E-state index in [1.54, 1.807) is 31.5 Å². The van der Waals surface area contributed by atoms with Crippen molar-refractivity contribution >= 4 is 17.7 Å². The number of ether oxygens (including phenoxy) is 1. The van der Waals surface area contributed by atoms with Gasteiger partial charge in [0.1, 0.15) is 5.92 Å². The van der Waals surface area contributed by atoms with Gasteiger partial charge in [0, 0.05) is 25.5 Å². The zero-order chi connectivity index (χ0) is 13.8. The molecule has 0 aromatic carbocycles. The third-order valence-electron chi connectivity index (χ3n) is 2.91. The first-order chi connectivity index (χ1) is 9.13. The molecule has 1 aromatic heterocycles. The first kappa shape index (κ1) is 13.2. The van der Waals surface area contributed by atoms with Gasteiger partial charge in [0.2, 0.25) is 5.78 Å². The summed E-state index contributed by atoms with van der Waals surface area (Å²) in [5.74, 6) is -2.94. The zero-order valence-corrected chi connectivity index (χ0v) is 10.5. The molecule has 1 aromatic rings. The number of amides is 1. The lowest BCUT2D eigenvalue weighted by atomic mass is 10.1. The molecule has 0 radical (unpaired) electrons. The van der Waals surface area contributed by atoms with Crippen molar-refractivity contribution in [2.45, 2.75) is 13.5 Å². The Kier molecular flexibility index (Phi) is 3.89. The smallest absolute Gasteiger partial charge is 0.318 e. The summed E-state index contributed by atoms with van der Waals surface area (Å²) in [5.41, 5.74) is 0.862. The monoisotopic (exact) mass is 262 g/mol. The van der Waals surface area contributed by atoms with Crippen LogP contribution >= 0.6 is 0 Å². The van der Waals surface area contributed by atoms with E-state index in [0.717, 1.165) is 5.56 Å². The number of Topliss-reactive ketones (excluding diaryl/α,β-unsaturated/α-hetero) is 1.